The molecule has 3 N–H and O–H groups in total. The SMILES string of the molecule is CC[C@@H](C)c1ccccc1NC(=O)[C@@H](C)Nc1ccc2c(c1)NC(=O)CO2. The van der Waals surface area contributed by atoms with Crippen molar-refractivity contribution >= 4 is 28.9 Å². The molecule has 0 saturated carbocycles. The van der Waals surface area contributed by atoms with Crippen LogP contribution in [0.3, 0.4) is 0 Å². The molecule has 0 radical (unpaired) electrons. The van der Waals surface area contributed by atoms with E-state index in [9.17, 15) is 9.59 Å². The molecule has 1 heterocycles. The molecule has 2 atom stereocenters. The zero-order valence-electron chi connectivity index (χ0n) is 15.8. The molecule has 27 heavy (non-hydrogen) atoms. The van der Waals surface area contributed by atoms with Gasteiger partial charge in [0.05, 0.1) is 5.69 Å². The lowest BCUT2D eigenvalue weighted by molar-refractivity contribution is -0.118. The maximum absolute atomic E-state index is 12.7. The van der Waals surface area contributed by atoms with Gasteiger partial charge in [-0.15, -0.1) is 0 Å². The minimum atomic E-state index is -0.451. The van der Waals surface area contributed by atoms with Crippen molar-refractivity contribution in [1.82, 2.24) is 0 Å². The molecule has 1 aliphatic heterocycles. The van der Waals surface area contributed by atoms with Crippen LogP contribution in [0.5, 0.6) is 5.75 Å². The fourth-order valence-electron chi connectivity index (χ4n) is 2.99. The van der Waals surface area contributed by atoms with Crippen LogP contribution in [0.2, 0.25) is 0 Å². The van der Waals surface area contributed by atoms with E-state index in [1.54, 1.807) is 19.1 Å². The van der Waals surface area contributed by atoms with Gasteiger partial charge >= 0.3 is 0 Å². The summed E-state index contributed by atoms with van der Waals surface area (Å²) < 4.78 is 5.35. The first-order chi connectivity index (χ1) is 13.0. The first-order valence-electron chi connectivity index (χ1n) is 9.21. The largest absolute Gasteiger partial charge is 0.482 e. The number of anilines is 3. The van der Waals surface area contributed by atoms with Crippen LogP contribution in [0.4, 0.5) is 17.1 Å². The second kappa shape index (κ2) is 8.12. The molecule has 6 nitrogen and oxygen atoms in total. The highest BCUT2D eigenvalue weighted by atomic mass is 16.5. The lowest BCUT2D eigenvalue weighted by atomic mass is 9.97. The normalized spacial score (nSPS) is 15.0. The van der Waals surface area contributed by atoms with Gasteiger partial charge in [-0.25, -0.2) is 0 Å². The Morgan fingerprint density at radius 1 is 1.22 bits per heavy atom. The van der Waals surface area contributed by atoms with Gasteiger partial charge in [0.15, 0.2) is 6.61 Å². The third kappa shape index (κ3) is 4.39. The quantitative estimate of drug-likeness (QED) is 0.722. The molecule has 0 aliphatic carbocycles. The molecule has 0 spiro atoms. The van der Waals surface area contributed by atoms with Gasteiger partial charge in [0.1, 0.15) is 11.8 Å². The van der Waals surface area contributed by atoms with Crippen LogP contribution in [-0.4, -0.2) is 24.5 Å². The number of amides is 2. The van der Waals surface area contributed by atoms with Crippen molar-refractivity contribution in [3.05, 3.63) is 48.0 Å². The molecule has 3 rings (SSSR count). The van der Waals surface area contributed by atoms with Crippen LogP contribution in [0.25, 0.3) is 0 Å². The molecule has 0 fully saturated rings. The fraction of sp³-hybridized carbons (Fsp3) is 0.333. The summed E-state index contributed by atoms with van der Waals surface area (Å²) in [5.41, 5.74) is 3.31. The summed E-state index contributed by atoms with van der Waals surface area (Å²) in [5.74, 6) is 0.685. The monoisotopic (exact) mass is 367 g/mol. The van der Waals surface area contributed by atoms with Crippen LogP contribution in [-0.2, 0) is 9.59 Å². The maximum Gasteiger partial charge on any atom is 0.262 e. The topological polar surface area (TPSA) is 79.5 Å². The van der Waals surface area contributed by atoms with E-state index >= 15 is 0 Å². The zero-order valence-corrected chi connectivity index (χ0v) is 15.8. The van der Waals surface area contributed by atoms with Gasteiger partial charge in [-0.1, -0.05) is 32.0 Å². The molecule has 0 aromatic heterocycles. The van der Waals surface area contributed by atoms with E-state index in [0.29, 0.717) is 17.4 Å². The number of rotatable bonds is 6. The lowest BCUT2D eigenvalue weighted by Gasteiger charge is -2.21. The van der Waals surface area contributed by atoms with Crippen LogP contribution in [0, 0.1) is 0 Å². The van der Waals surface area contributed by atoms with Crippen LogP contribution >= 0.6 is 0 Å². The molecule has 0 bridgehead atoms. The van der Waals surface area contributed by atoms with E-state index in [1.807, 2.05) is 30.3 Å². The molecule has 1 aliphatic rings. The molecule has 2 aromatic carbocycles. The minimum Gasteiger partial charge on any atom is -0.482 e. The van der Waals surface area contributed by atoms with E-state index in [4.69, 9.17) is 4.74 Å². The van der Waals surface area contributed by atoms with Crippen molar-refractivity contribution in [2.45, 2.75) is 39.2 Å². The maximum atomic E-state index is 12.7. The molecular formula is C21H25N3O3. The van der Waals surface area contributed by atoms with Gasteiger partial charge in [0.25, 0.3) is 5.91 Å². The van der Waals surface area contributed by atoms with Crippen molar-refractivity contribution in [3.8, 4) is 5.75 Å². The Kier molecular flexibility index (Phi) is 5.64. The Morgan fingerprint density at radius 3 is 2.78 bits per heavy atom. The Hall–Kier alpha value is -3.02. The van der Waals surface area contributed by atoms with Crippen LogP contribution in [0.1, 0.15) is 38.7 Å². The van der Waals surface area contributed by atoms with Gasteiger partial charge in [0, 0.05) is 11.4 Å². The van der Waals surface area contributed by atoms with E-state index in [2.05, 4.69) is 29.8 Å². The summed E-state index contributed by atoms with van der Waals surface area (Å²) in [6.07, 6.45) is 1.00. The zero-order chi connectivity index (χ0) is 19.4. The van der Waals surface area contributed by atoms with Crippen molar-refractivity contribution in [1.29, 1.82) is 0 Å². The number of carbonyl (C=O) groups is 2. The number of carbonyl (C=O) groups excluding carboxylic acids is 2. The van der Waals surface area contributed by atoms with E-state index in [1.165, 1.54) is 0 Å². The Bertz CT molecular complexity index is 850. The third-order valence-corrected chi connectivity index (χ3v) is 4.75. The Balaban J connectivity index is 1.68. The number of nitrogens with one attached hydrogen (secondary N) is 3. The van der Waals surface area contributed by atoms with Crippen LogP contribution < -0.4 is 20.7 Å². The highest BCUT2D eigenvalue weighted by Crippen LogP contribution is 2.31. The Labute approximate surface area is 159 Å². The van der Waals surface area contributed by atoms with Crippen molar-refractivity contribution in [2.24, 2.45) is 0 Å². The first-order valence-corrected chi connectivity index (χ1v) is 9.21. The van der Waals surface area contributed by atoms with Gasteiger partial charge < -0.3 is 20.7 Å². The molecule has 0 unspecified atom stereocenters. The second-order valence-corrected chi connectivity index (χ2v) is 6.80. The lowest BCUT2D eigenvalue weighted by Crippen LogP contribution is -2.32. The van der Waals surface area contributed by atoms with Gasteiger partial charge in [-0.3, -0.25) is 9.59 Å². The summed E-state index contributed by atoms with van der Waals surface area (Å²) in [5, 5.41) is 8.95. The van der Waals surface area contributed by atoms with Gasteiger partial charge in [-0.2, -0.15) is 0 Å². The van der Waals surface area contributed by atoms with Crippen LogP contribution in [0.15, 0.2) is 42.5 Å². The summed E-state index contributed by atoms with van der Waals surface area (Å²) in [4.78, 5) is 24.1. The predicted molar refractivity (Wildman–Crippen MR) is 107 cm³/mol. The molecule has 142 valence electrons. The minimum absolute atomic E-state index is 0.0220. The molecular weight excluding hydrogens is 342 g/mol. The van der Waals surface area contributed by atoms with Gasteiger partial charge in [-0.05, 0) is 49.1 Å². The number of hydrogen-bond acceptors (Lipinski definition) is 4. The number of ether oxygens (including phenoxy) is 1. The smallest absolute Gasteiger partial charge is 0.262 e. The molecule has 2 amide bonds. The van der Waals surface area contributed by atoms with E-state index < -0.39 is 6.04 Å². The molecule has 2 aromatic rings. The second-order valence-electron chi connectivity index (χ2n) is 6.80. The van der Waals surface area contributed by atoms with E-state index in [0.717, 1.165) is 23.4 Å². The molecule has 0 saturated heterocycles. The van der Waals surface area contributed by atoms with Crippen molar-refractivity contribution in [2.75, 3.05) is 22.6 Å². The summed E-state index contributed by atoms with van der Waals surface area (Å²) in [7, 11) is 0. The fourth-order valence-corrected chi connectivity index (χ4v) is 2.99. The van der Waals surface area contributed by atoms with Gasteiger partial charge in [0.2, 0.25) is 5.91 Å². The average Bonchev–Trinajstić information content (AvgIpc) is 2.67. The highest BCUT2D eigenvalue weighted by Gasteiger charge is 2.19. The summed E-state index contributed by atoms with van der Waals surface area (Å²) >= 11 is 0. The number of benzene rings is 2. The molecule has 6 heteroatoms. The number of para-hydroxylation sites is 1. The highest BCUT2D eigenvalue weighted by molar-refractivity contribution is 5.98. The standard InChI is InChI=1S/C21H25N3O3/c1-4-13(2)16-7-5-6-8-17(16)24-21(26)14(3)22-15-9-10-19-18(11-15)23-20(25)12-27-19/h5-11,13-14,22H,4,12H2,1-3H3,(H,23,25)(H,24,26)/t13-,14-/m1/s1. The Morgan fingerprint density at radius 2 is 2.00 bits per heavy atom. The summed E-state index contributed by atoms with van der Waals surface area (Å²) in [6.45, 7) is 6.10. The number of fused-ring (bicyclic) bond motifs is 1. The van der Waals surface area contributed by atoms with E-state index in [-0.39, 0.29) is 18.4 Å². The first kappa shape index (κ1) is 18.8. The van der Waals surface area contributed by atoms with Crippen molar-refractivity contribution in [3.63, 3.8) is 0 Å². The third-order valence-electron chi connectivity index (χ3n) is 4.75. The average molecular weight is 367 g/mol. The summed E-state index contributed by atoms with van der Waals surface area (Å²) in [6, 6.07) is 12.8. The number of hydrogen-bond donors (Lipinski definition) is 3. The van der Waals surface area contributed by atoms with Crippen molar-refractivity contribution < 1.29 is 14.3 Å². The predicted octanol–water partition coefficient (Wildman–Crippen LogP) is 3.97.